The second kappa shape index (κ2) is 24.5. The molecule has 0 fully saturated rings. The number of esters is 1. The second-order valence-electron chi connectivity index (χ2n) is 10.6. The zero-order chi connectivity index (χ0) is 26.8. The van der Waals surface area contributed by atoms with Crippen LogP contribution in [0, 0.1) is 0 Å². The van der Waals surface area contributed by atoms with Crippen LogP contribution in [0.3, 0.4) is 0 Å². The van der Waals surface area contributed by atoms with Gasteiger partial charge in [-0.2, -0.15) is 0 Å². The number of unbranched alkanes of at least 4 members (excludes halogenated alkanes) is 16. The van der Waals surface area contributed by atoms with E-state index in [0.29, 0.717) is 25.9 Å². The Kier molecular flexibility index (Phi) is 22.0. The van der Waals surface area contributed by atoms with Gasteiger partial charge in [-0.25, -0.2) is 0 Å². The summed E-state index contributed by atoms with van der Waals surface area (Å²) in [6, 6.07) is 9.82. The summed E-state index contributed by atoms with van der Waals surface area (Å²) in [5.74, 6) is -0.0844. The maximum Gasteiger partial charge on any atom is 0.305 e. The molecular formula is C33H57NO3. The van der Waals surface area contributed by atoms with Gasteiger partial charge in [0.25, 0.3) is 0 Å². The Morgan fingerprint density at radius 2 is 1.08 bits per heavy atom. The minimum absolute atomic E-state index is 0.0882. The van der Waals surface area contributed by atoms with E-state index in [9.17, 15) is 9.59 Å². The molecule has 1 rings (SSSR count). The standard InChI is InChI=1S/C33H57NO3/c1-3-5-7-8-9-10-11-12-13-14-15-16-17-18-19-23-30-37-33(36)28-24-27-32(35)34(29-6-4-2)31-25-21-20-22-26-31/h20-22,25-26H,3-19,23-24,27-30H2,1-2H3. The molecule has 0 saturated carbocycles. The molecule has 37 heavy (non-hydrogen) atoms. The van der Waals surface area contributed by atoms with E-state index in [0.717, 1.165) is 37.9 Å². The maximum atomic E-state index is 12.7. The van der Waals surface area contributed by atoms with Crippen LogP contribution in [-0.2, 0) is 14.3 Å². The molecule has 0 aliphatic carbocycles. The Hall–Kier alpha value is -1.84. The summed E-state index contributed by atoms with van der Waals surface area (Å²) >= 11 is 0. The van der Waals surface area contributed by atoms with Crippen LogP contribution in [0.5, 0.6) is 0 Å². The highest BCUT2D eigenvalue weighted by Gasteiger charge is 2.15. The molecule has 1 amide bonds. The minimum atomic E-state index is -0.173. The lowest BCUT2D eigenvalue weighted by Crippen LogP contribution is -2.31. The molecular weight excluding hydrogens is 458 g/mol. The van der Waals surface area contributed by atoms with Gasteiger partial charge in [0, 0.05) is 25.1 Å². The molecule has 0 bridgehead atoms. The molecule has 0 unspecified atom stereocenters. The van der Waals surface area contributed by atoms with E-state index in [4.69, 9.17) is 4.74 Å². The number of rotatable bonds is 25. The van der Waals surface area contributed by atoms with Crippen molar-refractivity contribution < 1.29 is 14.3 Å². The molecule has 0 aromatic heterocycles. The van der Waals surface area contributed by atoms with Crippen LogP contribution in [0.4, 0.5) is 5.69 Å². The van der Waals surface area contributed by atoms with E-state index in [1.54, 1.807) is 0 Å². The maximum absolute atomic E-state index is 12.7. The Morgan fingerprint density at radius 3 is 1.59 bits per heavy atom. The van der Waals surface area contributed by atoms with Gasteiger partial charge in [0.2, 0.25) is 5.91 Å². The van der Waals surface area contributed by atoms with Gasteiger partial charge >= 0.3 is 5.97 Å². The number of hydrogen-bond donors (Lipinski definition) is 0. The summed E-state index contributed by atoms with van der Waals surface area (Å²) in [7, 11) is 0. The molecule has 4 nitrogen and oxygen atoms in total. The summed E-state index contributed by atoms with van der Waals surface area (Å²) in [6.07, 6.45) is 24.7. The van der Waals surface area contributed by atoms with Crippen molar-refractivity contribution in [1.82, 2.24) is 0 Å². The van der Waals surface area contributed by atoms with E-state index in [1.807, 2.05) is 35.2 Å². The monoisotopic (exact) mass is 515 g/mol. The van der Waals surface area contributed by atoms with Crippen molar-refractivity contribution in [2.45, 2.75) is 149 Å². The molecule has 1 aromatic carbocycles. The zero-order valence-electron chi connectivity index (χ0n) is 24.3. The Bertz CT molecular complexity index is 661. The van der Waals surface area contributed by atoms with Crippen molar-refractivity contribution >= 4 is 17.6 Å². The Morgan fingerprint density at radius 1 is 0.595 bits per heavy atom. The van der Waals surface area contributed by atoms with Gasteiger partial charge in [-0.1, -0.05) is 135 Å². The SMILES string of the molecule is CCCCCCCCCCCCCCCCCCOC(=O)CCCC(=O)N(CCCC)c1ccccc1. The average Bonchev–Trinajstić information content (AvgIpc) is 2.91. The van der Waals surface area contributed by atoms with Crippen LogP contribution in [-0.4, -0.2) is 25.0 Å². The van der Waals surface area contributed by atoms with Crippen LogP contribution in [0.25, 0.3) is 0 Å². The normalized spacial score (nSPS) is 11.0. The van der Waals surface area contributed by atoms with Gasteiger partial charge in [0.05, 0.1) is 6.61 Å². The second-order valence-corrected chi connectivity index (χ2v) is 10.6. The quantitative estimate of drug-likeness (QED) is 0.0961. The molecule has 0 aliphatic heterocycles. The highest BCUT2D eigenvalue weighted by molar-refractivity contribution is 5.93. The molecule has 0 spiro atoms. The summed E-state index contributed by atoms with van der Waals surface area (Å²) in [5.41, 5.74) is 0.937. The van der Waals surface area contributed by atoms with E-state index in [-0.39, 0.29) is 11.9 Å². The molecule has 0 N–H and O–H groups in total. The number of hydrogen-bond acceptors (Lipinski definition) is 3. The fourth-order valence-corrected chi connectivity index (χ4v) is 4.75. The predicted molar refractivity (Wildman–Crippen MR) is 158 cm³/mol. The molecule has 0 aliphatic rings. The van der Waals surface area contributed by atoms with Crippen molar-refractivity contribution in [3.63, 3.8) is 0 Å². The fourth-order valence-electron chi connectivity index (χ4n) is 4.75. The molecule has 0 radical (unpaired) electrons. The van der Waals surface area contributed by atoms with Crippen LogP contribution in [0.1, 0.15) is 149 Å². The molecule has 212 valence electrons. The fraction of sp³-hybridized carbons (Fsp3) is 0.758. The third-order valence-corrected chi connectivity index (χ3v) is 7.14. The summed E-state index contributed by atoms with van der Waals surface area (Å²) in [6.45, 7) is 5.64. The number of carbonyl (C=O) groups is 2. The van der Waals surface area contributed by atoms with Crippen molar-refractivity contribution in [3.8, 4) is 0 Å². The van der Waals surface area contributed by atoms with Crippen molar-refractivity contribution in [3.05, 3.63) is 30.3 Å². The lowest BCUT2D eigenvalue weighted by Gasteiger charge is -2.22. The van der Waals surface area contributed by atoms with Gasteiger partial charge in [-0.3, -0.25) is 9.59 Å². The first-order chi connectivity index (χ1) is 18.2. The summed E-state index contributed by atoms with van der Waals surface area (Å²) in [5, 5.41) is 0. The predicted octanol–water partition coefficient (Wildman–Crippen LogP) is 9.79. The van der Waals surface area contributed by atoms with Crippen molar-refractivity contribution in [2.75, 3.05) is 18.1 Å². The van der Waals surface area contributed by atoms with E-state index in [1.165, 1.54) is 89.9 Å². The van der Waals surface area contributed by atoms with Crippen LogP contribution in [0.15, 0.2) is 30.3 Å². The lowest BCUT2D eigenvalue weighted by atomic mass is 10.0. The minimum Gasteiger partial charge on any atom is -0.466 e. The van der Waals surface area contributed by atoms with Crippen molar-refractivity contribution in [2.24, 2.45) is 0 Å². The molecule has 0 atom stereocenters. The smallest absolute Gasteiger partial charge is 0.305 e. The Labute approximate surface area is 228 Å². The number of amides is 1. The first-order valence-electron chi connectivity index (χ1n) is 15.7. The topological polar surface area (TPSA) is 46.6 Å². The van der Waals surface area contributed by atoms with E-state index < -0.39 is 0 Å². The average molecular weight is 516 g/mol. The number of nitrogens with zero attached hydrogens (tertiary/aromatic N) is 1. The third-order valence-electron chi connectivity index (χ3n) is 7.14. The number of carbonyl (C=O) groups excluding carboxylic acids is 2. The van der Waals surface area contributed by atoms with Gasteiger partial charge in [-0.15, -0.1) is 0 Å². The van der Waals surface area contributed by atoms with Crippen LogP contribution < -0.4 is 4.90 Å². The van der Waals surface area contributed by atoms with E-state index >= 15 is 0 Å². The molecule has 4 heteroatoms. The van der Waals surface area contributed by atoms with E-state index in [2.05, 4.69) is 13.8 Å². The van der Waals surface area contributed by atoms with Gasteiger partial charge < -0.3 is 9.64 Å². The molecule has 1 aromatic rings. The lowest BCUT2D eigenvalue weighted by molar-refractivity contribution is -0.143. The number of benzene rings is 1. The van der Waals surface area contributed by atoms with Gasteiger partial charge in [-0.05, 0) is 31.4 Å². The van der Waals surface area contributed by atoms with Gasteiger partial charge in [0.15, 0.2) is 0 Å². The highest BCUT2D eigenvalue weighted by atomic mass is 16.5. The highest BCUT2D eigenvalue weighted by Crippen LogP contribution is 2.17. The van der Waals surface area contributed by atoms with Crippen LogP contribution in [0.2, 0.25) is 0 Å². The van der Waals surface area contributed by atoms with Crippen LogP contribution >= 0.6 is 0 Å². The molecule has 0 saturated heterocycles. The van der Waals surface area contributed by atoms with Crippen molar-refractivity contribution in [1.29, 1.82) is 0 Å². The largest absolute Gasteiger partial charge is 0.466 e. The number of para-hydroxylation sites is 1. The zero-order valence-corrected chi connectivity index (χ0v) is 24.3. The summed E-state index contributed by atoms with van der Waals surface area (Å²) in [4.78, 5) is 26.6. The number of anilines is 1. The molecule has 0 heterocycles. The number of ether oxygens (including phenoxy) is 1. The first-order valence-corrected chi connectivity index (χ1v) is 15.7. The summed E-state index contributed by atoms with van der Waals surface area (Å²) < 4.78 is 5.39. The van der Waals surface area contributed by atoms with Gasteiger partial charge in [0.1, 0.15) is 0 Å². The first kappa shape index (κ1) is 33.2. The third kappa shape index (κ3) is 19.0. The Balaban J connectivity index is 1.94.